The van der Waals surface area contributed by atoms with Crippen LogP contribution in [0.4, 0.5) is 0 Å². The van der Waals surface area contributed by atoms with Gasteiger partial charge in [0.1, 0.15) is 0 Å². The second-order valence-corrected chi connectivity index (χ2v) is 4.86. The molecule has 0 unspecified atom stereocenters. The van der Waals surface area contributed by atoms with E-state index in [1.165, 1.54) is 0 Å². The molecule has 0 spiro atoms. The Kier molecular flexibility index (Phi) is 2.06. The minimum atomic E-state index is -0.0573. The minimum absolute atomic E-state index is 0.0573. The van der Waals surface area contributed by atoms with Gasteiger partial charge in [-0.3, -0.25) is 14.5 Å². The molecule has 4 heteroatoms. The van der Waals surface area contributed by atoms with Gasteiger partial charge in [0.15, 0.2) is 0 Å². The normalized spacial score (nSPS) is 36.7. The van der Waals surface area contributed by atoms with Crippen LogP contribution in [-0.4, -0.2) is 35.8 Å². The molecule has 0 aromatic heterocycles. The maximum atomic E-state index is 12.0. The van der Waals surface area contributed by atoms with Gasteiger partial charge < -0.3 is 5.32 Å². The molecule has 1 aliphatic carbocycles. The number of fused-ring (bicyclic) bond motifs is 1. The van der Waals surface area contributed by atoms with Crippen molar-refractivity contribution in [3.63, 3.8) is 0 Å². The molecule has 4 nitrogen and oxygen atoms in total. The van der Waals surface area contributed by atoms with Crippen molar-refractivity contribution in [1.29, 1.82) is 0 Å². The van der Waals surface area contributed by atoms with E-state index >= 15 is 0 Å². The van der Waals surface area contributed by atoms with E-state index in [1.54, 1.807) is 4.90 Å². The van der Waals surface area contributed by atoms with Crippen LogP contribution >= 0.6 is 0 Å². The third-order valence-electron chi connectivity index (χ3n) is 4.01. The zero-order valence-corrected chi connectivity index (χ0v) is 8.74. The highest BCUT2D eigenvalue weighted by Gasteiger charge is 2.52. The first-order valence-corrected chi connectivity index (χ1v) is 5.86. The molecule has 3 fully saturated rings. The summed E-state index contributed by atoms with van der Waals surface area (Å²) in [6.07, 6.45) is 4.36. The Morgan fingerprint density at radius 1 is 1.00 bits per heavy atom. The van der Waals surface area contributed by atoms with Crippen molar-refractivity contribution in [3.05, 3.63) is 0 Å². The lowest BCUT2D eigenvalue weighted by Gasteiger charge is -2.22. The van der Waals surface area contributed by atoms with Gasteiger partial charge in [-0.25, -0.2) is 0 Å². The molecule has 0 bridgehead atoms. The highest BCUT2D eigenvalue weighted by Crippen LogP contribution is 2.34. The van der Waals surface area contributed by atoms with Gasteiger partial charge in [-0.15, -0.1) is 0 Å². The molecular weight excluding hydrogens is 192 g/mol. The number of carbonyl (C=O) groups excluding carboxylic acids is 2. The molecular formula is C11H16N2O2. The van der Waals surface area contributed by atoms with Crippen LogP contribution in [0.25, 0.3) is 0 Å². The fourth-order valence-corrected chi connectivity index (χ4v) is 3.19. The summed E-state index contributed by atoms with van der Waals surface area (Å²) in [4.78, 5) is 25.7. The smallest absolute Gasteiger partial charge is 0.234 e. The highest BCUT2D eigenvalue weighted by molar-refractivity contribution is 6.06. The predicted octanol–water partition coefficient (Wildman–Crippen LogP) is 0.133. The standard InChI is InChI=1S/C11H16N2O2/c14-10-8-5-12-6-9(8)11(15)13(10)7-3-1-2-4-7/h7-9,12H,1-6H2/t8-,9+. The molecule has 2 amide bonds. The number of hydrogen-bond donors (Lipinski definition) is 1. The van der Waals surface area contributed by atoms with Crippen molar-refractivity contribution >= 4 is 11.8 Å². The van der Waals surface area contributed by atoms with Crippen LogP contribution in [0.5, 0.6) is 0 Å². The SMILES string of the molecule is O=C1[C@H]2CNC[C@H]2C(=O)N1C1CCCC1. The van der Waals surface area contributed by atoms with Crippen LogP contribution < -0.4 is 5.32 Å². The Hall–Kier alpha value is -0.900. The third-order valence-corrected chi connectivity index (χ3v) is 4.01. The summed E-state index contributed by atoms with van der Waals surface area (Å²) in [5.74, 6) is 0.0556. The lowest BCUT2D eigenvalue weighted by molar-refractivity contribution is -0.142. The Morgan fingerprint density at radius 2 is 1.53 bits per heavy atom. The molecule has 1 N–H and O–H groups in total. The number of imide groups is 1. The number of likely N-dealkylation sites (tertiary alicyclic amines) is 1. The molecule has 0 radical (unpaired) electrons. The maximum Gasteiger partial charge on any atom is 0.234 e. The first-order chi connectivity index (χ1) is 7.29. The lowest BCUT2D eigenvalue weighted by atomic mass is 10.00. The van der Waals surface area contributed by atoms with Gasteiger partial charge in [0.2, 0.25) is 11.8 Å². The predicted molar refractivity (Wildman–Crippen MR) is 54.0 cm³/mol. The Morgan fingerprint density at radius 3 is 2.07 bits per heavy atom. The van der Waals surface area contributed by atoms with E-state index in [1.807, 2.05) is 0 Å². The zero-order valence-electron chi connectivity index (χ0n) is 8.74. The van der Waals surface area contributed by atoms with Crippen LogP contribution in [0.2, 0.25) is 0 Å². The summed E-state index contributed by atoms with van der Waals surface area (Å²) < 4.78 is 0. The second kappa shape index (κ2) is 3.30. The molecule has 82 valence electrons. The number of rotatable bonds is 1. The van der Waals surface area contributed by atoms with Crippen molar-refractivity contribution in [2.45, 2.75) is 31.7 Å². The van der Waals surface area contributed by atoms with Crippen molar-refractivity contribution in [2.75, 3.05) is 13.1 Å². The maximum absolute atomic E-state index is 12.0. The lowest BCUT2D eigenvalue weighted by Crippen LogP contribution is -2.41. The fraction of sp³-hybridized carbons (Fsp3) is 0.818. The quantitative estimate of drug-likeness (QED) is 0.623. The summed E-state index contributed by atoms with van der Waals surface area (Å²) >= 11 is 0. The number of hydrogen-bond acceptors (Lipinski definition) is 3. The molecule has 15 heavy (non-hydrogen) atoms. The summed E-state index contributed by atoms with van der Waals surface area (Å²) in [7, 11) is 0. The zero-order chi connectivity index (χ0) is 10.4. The van der Waals surface area contributed by atoms with E-state index in [9.17, 15) is 9.59 Å². The average molecular weight is 208 g/mol. The Balaban J connectivity index is 1.84. The molecule has 2 aliphatic heterocycles. The van der Waals surface area contributed by atoms with Gasteiger partial charge >= 0.3 is 0 Å². The molecule has 0 aromatic carbocycles. The largest absolute Gasteiger partial charge is 0.315 e. The first kappa shape index (κ1) is 9.33. The van der Waals surface area contributed by atoms with Gasteiger partial charge in [-0.2, -0.15) is 0 Å². The molecule has 1 saturated carbocycles. The van der Waals surface area contributed by atoms with Crippen LogP contribution in [0, 0.1) is 11.8 Å². The van der Waals surface area contributed by atoms with Crippen molar-refractivity contribution in [3.8, 4) is 0 Å². The summed E-state index contributed by atoms with van der Waals surface area (Å²) in [6.45, 7) is 1.39. The fourth-order valence-electron chi connectivity index (χ4n) is 3.19. The van der Waals surface area contributed by atoms with Gasteiger partial charge in [0, 0.05) is 19.1 Å². The Bertz CT molecular complexity index is 288. The third kappa shape index (κ3) is 1.24. The monoisotopic (exact) mass is 208 g/mol. The highest BCUT2D eigenvalue weighted by atomic mass is 16.2. The van der Waals surface area contributed by atoms with Crippen molar-refractivity contribution in [1.82, 2.24) is 10.2 Å². The Labute approximate surface area is 89.0 Å². The first-order valence-electron chi connectivity index (χ1n) is 5.86. The van der Waals surface area contributed by atoms with Crippen LogP contribution in [0.1, 0.15) is 25.7 Å². The minimum Gasteiger partial charge on any atom is -0.315 e. The van der Waals surface area contributed by atoms with E-state index in [2.05, 4.69) is 5.32 Å². The van der Waals surface area contributed by atoms with E-state index in [-0.39, 0.29) is 29.7 Å². The summed E-state index contributed by atoms with van der Waals surface area (Å²) in [6, 6.07) is 0.218. The average Bonchev–Trinajstić information content (AvgIpc) is 2.89. The van der Waals surface area contributed by atoms with Gasteiger partial charge in [-0.1, -0.05) is 12.8 Å². The molecule has 3 aliphatic rings. The number of nitrogens with zero attached hydrogens (tertiary/aromatic N) is 1. The van der Waals surface area contributed by atoms with E-state index in [4.69, 9.17) is 0 Å². The molecule has 2 saturated heterocycles. The van der Waals surface area contributed by atoms with Crippen molar-refractivity contribution < 1.29 is 9.59 Å². The summed E-state index contributed by atoms with van der Waals surface area (Å²) in [5, 5.41) is 3.13. The summed E-state index contributed by atoms with van der Waals surface area (Å²) in [5.41, 5.74) is 0. The number of carbonyl (C=O) groups is 2. The molecule has 0 aromatic rings. The van der Waals surface area contributed by atoms with Crippen LogP contribution in [0.3, 0.4) is 0 Å². The molecule has 2 atom stereocenters. The van der Waals surface area contributed by atoms with Crippen molar-refractivity contribution in [2.24, 2.45) is 11.8 Å². The van der Waals surface area contributed by atoms with Gasteiger partial charge in [0.05, 0.1) is 11.8 Å². The van der Waals surface area contributed by atoms with Crippen LogP contribution in [-0.2, 0) is 9.59 Å². The van der Waals surface area contributed by atoms with Gasteiger partial charge in [-0.05, 0) is 12.8 Å². The topological polar surface area (TPSA) is 49.4 Å². The van der Waals surface area contributed by atoms with Gasteiger partial charge in [0.25, 0.3) is 0 Å². The molecule has 2 heterocycles. The number of amides is 2. The van der Waals surface area contributed by atoms with Crippen LogP contribution in [0.15, 0.2) is 0 Å². The van der Waals surface area contributed by atoms with E-state index in [0.717, 1.165) is 25.7 Å². The molecule has 3 rings (SSSR count). The van der Waals surface area contributed by atoms with E-state index in [0.29, 0.717) is 13.1 Å². The number of nitrogens with one attached hydrogen (secondary N) is 1. The second-order valence-electron chi connectivity index (χ2n) is 4.86. The van der Waals surface area contributed by atoms with E-state index < -0.39 is 0 Å².